The Morgan fingerprint density at radius 3 is 2.26 bits per heavy atom. The Morgan fingerprint density at radius 1 is 1.32 bits per heavy atom. The van der Waals surface area contributed by atoms with Gasteiger partial charge >= 0.3 is 0 Å². The van der Waals surface area contributed by atoms with E-state index in [1.54, 1.807) is 43.3 Å². The van der Waals surface area contributed by atoms with Gasteiger partial charge in [0.2, 0.25) is 5.91 Å². The molecule has 0 aliphatic carbocycles. The number of benzene rings is 1. The summed E-state index contributed by atoms with van der Waals surface area (Å²) < 4.78 is 5.07. The first-order chi connectivity index (χ1) is 8.75. The minimum Gasteiger partial charge on any atom is -0.497 e. The second-order valence-electron chi connectivity index (χ2n) is 5.72. The third-order valence-electron chi connectivity index (χ3n) is 2.94. The van der Waals surface area contributed by atoms with Gasteiger partial charge in [0.25, 0.3) is 0 Å². The number of likely N-dealkylation sites (N-methyl/N-ethyl adjacent to an activating group) is 1. The predicted octanol–water partition coefficient (Wildman–Crippen LogP) is 2.23. The quantitative estimate of drug-likeness (QED) is 0.908. The van der Waals surface area contributed by atoms with Crippen molar-refractivity contribution in [2.24, 2.45) is 5.41 Å². The van der Waals surface area contributed by atoms with Crippen LogP contribution in [0.4, 0.5) is 0 Å². The molecule has 1 atom stereocenters. The number of methoxy groups -OCH3 is 1. The molecule has 0 bridgehead atoms. The SMILES string of the molecule is COc1ccc(C(O)CN(C)C(=O)C(C)(C)C)cc1. The van der Waals surface area contributed by atoms with Crippen molar-refractivity contribution in [3.8, 4) is 5.75 Å². The summed E-state index contributed by atoms with van der Waals surface area (Å²) in [6, 6.07) is 7.20. The smallest absolute Gasteiger partial charge is 0.227 e. The number of ether oxygens (including phenoxy) is 1. The van der Waals surface area contributed by atoms with Gasteiger partial charge < -0.3 is 14.7 Å². The summed E-state index contributed by atoms with van der Waals surface area (Å²) in [6.45, 7) is 5.88. The third-order valence-corrected chi connectivity index (χ3v) is 2.94. The highest BCUT2D eigenvalue weighted by molar-refractivity contribution is 5.81. The van der Waals surface area contributed by atoms with Crippen molar-refractivity contribution >= 4 is 5.91 Å². The van der Waals surface area contributed by atoms with Gasteiger partial charge in [-0.3, -0.25) is 4.79 Å². The van der Waals surface area contributed by atoms with E-state index in [0.29, 0.717) is 0 Å². The van der Waals surface area contributed by atoms with Crippen LogP contribution in [0.3, 0.4) is 0 Å². The molecule has 0 heterocycles. The van der Waals surface area contributed by atoms with Crippen LogP contribution >= 0.6 is 0 Å². The molecule has 0 aliphatic heterocycles. The van der Waals surface area contributed by atoms with Gasteiger partial charge in [-0.1, -0.05) is 32.9 Å². The Balaban J connectivity index is 2.68. The van der Waals surface area contributed by atoms with E-state index in [1.807, 2.05) is 20.8 Å². The summed E-state index contributed by atoms with van der Waals surface area (Å²) in [5, 5.41) is 10.1. The zero-order valence-corrected chi connectivity index (χ0v) is 12.3. The molecule has 0 spiro atoms. The minimum atomic E-state index is -0.692. The van der Waals surface area contributed by atoms with Gasteiger partial charge in [0.1, 0.15) is 5.75 Å². The second-order valence-corrected chi connectivity index (χ2v) is 5.72. The van der Waals surface area contributed by atoms with Crippen LogP contribution in [-0.4, -0.2) is 36.6 Å². The highest BCUT2D eigenvalue weighted by Gasteiger charge is 2.26. The van der Waals surface area contributed by atoms with Crippen LogP contribution in [0.25, 0.3) is 0 Å². The molecule has 0 saturated carbocycles. The van der Waals surface area contributed by atoms with E-state index < -0.39 is 11.5 Å². The van der Waals surface area contributed by atoms with Gasteiger partial charge in [-0.05, 0) is 17.7 Å². The van der Waals surface area contributed by atoms with Crippen LogP contribution in [-0.2, 0) is 4.79 Å². The van der Waals surface area contributed by atoms with E-state index in [4.69, 9.17) is 4.74 Å². The first-order valence-electron chi connectivity index (χ1n) is 6.33. The number of carbonyl (C=O) groups excluding carboxylic acids is 1. The summed E-state index contributed by atoms with van der Waals surface area (Å²) in [6.07, 6.45) is -0.692. The van der Waals surface area contributed by atoms with E-state index in [0.717, 1.165) is 11.3 Å². The van der Waals surface area contributed by atoms with Gasteiger partial charge in [0, 0.05) is 12.5 Å². The van der Waals surface area contributed by atoms with Crippen molar-refractivity contribution in [2.75, 3.05) is 20.7 Å². The minimum absolute atomic E-state index is 0.0139. The van der Waals surface area contributed by atoms with Gasteiger partial charge in [-0.15, -0.1) is 0 Å². The van der Waals surface area contributed by atoms with Crippen LogP contribution < -0.4 is 4.74 Å². The lowest BCUT2D eigenvalue weighted by molar-refractivity contribution is -0.139. The molecule has 0 saturated heterocycles. The first kappa shape index (κ1) is 15.5. The average molecular weight is 265 g/mol. The molecule has 0 aromatic heterocycles. The molecule has 19 heavy (non-hydrogen) atoms. The maximum atomic E-state index is 12.0. The van der Waals surface area contributed by atoms with Crippen LogP contribution in [0.15, 0.2) is 24.3 Å². The normalized spacial score (nSPS) is 12.9. The Hall–Kier alpha value is -1.55. The fourth-order valence-corrected chi connectivity index (χ4v) is 1.85. The number of rotatable bonds is 4. The number of nitrogens with zero attached hydrogens (tertiary/aromatic N) is 1. The lowest BCUT2D eigenvalue weighted by Gasteiger charge is -2.27. The zero-order chi connectivity index (χ0) is 14.6. The van der Waals surface area contributed by atoms with Crippen molar-refractivity contribution < 1.29 is 14.6 Å². The highest BCUT2D eigenvalue weighted by Crippen LogP contribution is 2.21. The van der Waals surface area contributed by atoms with Gasteiger partial charge in [0.15, 0.2) is 0 Å². The van der Waals surface area contributed by atoms with Crippen molar-refractivity contribution in [2.45, 2.75) is 26.9 Å². The number of amides is 1. The predicted molar refractivity (Wildman–Crippen MR) is 75.0 cm³/mol. The number of aliphatic hydroxyl groups is 1. The summed E-state index contributed by atoms with van der Waals surface area (Å²) in [5.41, 5.74) is 0.336. The fourth-order valence-electron chi connectivity index (χ4n) is 1.85. The van der Waals surface area contributed by atoms with E-state index in [2.05, 4.69) is 0 Å². The van der Waals surface area contributed by atoms with E-state index in [1.165, 1.54) is 0 Å². The Labute approximate surface area is 115 Å². The molecule has 0 aliphatic rings. The van der Waals surface area contributed by atoms with E-state index in [-0.39, 0.29) is 12.5 Å². The van der Waals surface area contributed by atoms with Crippen LogP contribution in [0, 0.1) is 5.41 Å². The van der Waals surface area contributed by atoms with Crippen molar-refractivity contribution in [3.63, 3.8) is 0 Å². The maximum Gasteiger partial charge on any atom is 0.227 e. The largest absolute Gasteiger partial charge is 0.497 e. The Kier molecular flexibility index (Phi) is 4.95. The zero-order valence-electron chi connectivity index (χ0n) is 12.3. The maximum absolute atomic E-state index is 12.0. The number of hydrogen-bond acceptors (Lipinski definition) is 3. The summed E-state index contributed by atoms with van der Waals surface area (Å²) in [4.78, 5) is 13.6. The Morgan fingerprint density at radius 2 is 1.84 bits per heavy atom. The number of aliphatic hydroxyl groups excluding tert-OH is 1. The third kappa shape index (κ3) is 4.24. The summed E-state index contributed by atoms with van der Waals surface area (Å²) >= 11 is 0. The highest BCUT2D eigenvalue weighted by atomic mass is 16.5. The standard InChI is InChI=1S/C15H23NO3/c1-15(2,3)14(18)16(4)10-13(17)11-6-8-12(19-5)9-7-11/h6-9,13,17H,10H2,1-5H3. The second kappa shape index (κ2) is 6.06. The summed E-state index contributed by atoms with van der Waals surface area (Å²) in [7, 11) is 3.31. The average Bonchev–Trinajstić information content (AvgIpc) is 2.36. The topological polar surface area (TPSA) is 49.8 Å². The van der Waals surface area contributed by atoms with Crippen molar-refractivity contribution in [3.05, 3.63) is 29.8 Å². The molecule has 106 valence electrons. The lowest BCUT2D eigenvalue weighted by Crippen LogP contribution is -2.38. The molecule has 1 unspecified atom stereocenters. The van der Waals surface area contributed by atoms with Gasteiger partial charge in [-0.2, -0.15) is 0 Å². The Bertz CT molecular complexity index is 420. The fraction of sp³-hybridized carbons (Fsp3) is 0.533. The van der Waals surface area contributed by atoms with Crippen molar-refractivity contribution in [1.29, 1.82) is 0 Å². The molecule has 1 aromatic carbocycles. The summed E-state index contributed by atoms with van der Waals surface area (Å²) in [5.74, 6) is 0.759. The molecule has 1 rings (SSSR count). The van der Waals surface area contributed by atoms with Crippen LogP contribution in [0.5, 0.6) is 5.75 Å². The van der Waals surface area contributed by atoms with Gasteiger partial charge in [-0.25, -0.2) is 0 Å². The molecular weight excluding hydrogens is 242 g/mol. The molecule has 0 radical (unpaired) electrons. The molecule has 4 heteroatoms. The molecular formula is C15H23NO3. The van der Waals surface area contributed by atoms with Crippen LogP contribution in [0.2, 0.25) is 0 Å². The van der Waals surface area contributed by atoms with E-state index in [9.17, 15) is 9.90 Å². The van der Waals surface area contributed by atoms with Crippen molar-refractivity contribution in [1.82, 2.24) is 4.90 Å². The molecule has 1 N–H and O–H groups in total. The molecule has 4 nitrogen and oxygen atoms in total. The lowest BCUT2D eigenvalue weighted by atomic mass is 9.94. The first-order valence-corrected chi connectivity index (χ1v) is 6.33. The van der Waals surface area contributed by atoms with Crippen LogP contribution in [0.1, 0.15) is 32.4 Å². The molecule has 1 aromatic rings. The molecule has 1 amide bonds. The monoisotopic (exact) mass is 265 g/mol. The number of hydrogen-bond donors (Lipinski definition) is 1. The molecule has 0 fully saturated rings. The van der Waals surface area contributed by atoms with E-state index >= 15 is 0 Å². The number of carbonyl (C=O) groups is 1. The van der Waals surface area contributed by atoms with Gasteiger partial charge in [0.05, 0.1) is 19.8 Å².